The van der Waals surface area contributed by atoms with Crippen LogP contribution in [0.4, 0.5) is 5.69 Å². The van der Waals surface area contributed by atoms with Gasteiger partial charge in [0.25, 0.3) is 0 Å². The highest BCUT2D eigenvalue weighted by molar-refractivity contribution is 7.99. The molecule has 0 radical (unpaired) electrons. The minimum absolute atomic E-state index is 0.0469. The summed E-state index contributed by atoms with van der Waals surface area (Å²) in [6, 6.07) is 13.3. The maximum atomic E-state index is 12.1. The number of hydrogen-bond acceptors (Lipinski definition) is 3. The molecular weight excluding hydrogens is 330 g/mol. The Bertz CT molecular complexity index is 847. The standard InChI is InChI=1S/C17H16ClN3OS/c1-2-11-5-3-4-6-13(11)19-16(22)10-23-17-20-14-8-7-12(18)9-15(14)21-17/h3-9H,2,10H2,1H3,(H,19,22)(H,20,21). The quantitative estimate of drug-likeness (QED) is 0.669. The van der Waals surface area contributed by atoms with Gasteiger partial charge >= 0.3 is 0 Å². The van der Waals surface area contributed by atoms with Crippen LogP contribution >= 0.6 is 23.4 Å². The Morgan fingerprint density at radius 2 is 2.13 bits per heavy atom. The highest BCUT2D eigenvalue weighted by atomic mass is 35.5. The van der Waals surface area contributed by atoms with Gasteiger partial charge in [-0.15, -0.1) is 0 Å². The fourth-order valence-corrected chi connectivity index (χ4v) is 3.15. The second-order valence-corrected chi connectivity index (χ2v) is 6.45. The maximum Gasteiger partial charge on any atom is 0.234 e. The Morgan fingerprint density at radius 1 is 1.30 bits per heavy atom. The van der Waals surface area contributed by atoms with Crippen molar-refractivity contribution in [1.82, 2.24) is 9.97 Å². The van der Waals surface area contributed by atoms with E-state index in [-0.39, 0.29) is 5.91 Å². The average molecular weight is 346 g/mol. The molecule has 0 saturated heterocycles. The summed E-state index contributed by atoms with van der Waals surface area (Å²) in [6.45, 7) is 2.07. The summed E-state index contributed by atoms with van der Waals surface area (Å²) in [4.78, 5) is 19.7. The number of thioether (sulfide) groups is 1. The number of nitrogens with one attached hydrogen (secondary N) is 2. The molecule has 0 aliphatic rings. The highest BCUT2D eigenvalue weighted by Gasteiger charge is 2.09. The SMILES string of the molecule is CCc1ccccc1NC(=O)CSc1nc2ccc(Cl)cc2[nH]1. The predicted octanol–water partition coefficient (Wildman–Crippen LogP) is 4.51. The molecule has 1 heterocycles. The number of anilines is 1. The number of aryl methyl sites for hydroxylation is 1. The Hall–Kier alpha value is -1.98. The number of carbonyl (C=O) groups excluding carboxylic acids is 1. The minimum Gasteiger partial charge on any atom is -0.333 e. The van der Waals surface area contributed by atoms with E-state index in [0.717, 1.165) is 28.7 Å². The Morgan fingerprint density at radius 3 is 2.96 bits per heavy atom. The van der Waals surface area contributed by atoms with Crippen molar-refractivity contribution in [2.24, 2.45) is 0 Å². The van der Waals surface area contributed by atoms with Crippen LogP contribution in [0.2, 0.25) is 5.02 Å². The maximum absolute atomic E-state index is 12.1. The molecular formula is C17H16ClN3OS. The van der Waals surface area contributed by atoms with Crippen molar-refractivity contribution in [3.63, 3.8) is 0 Å². The third kappa shape index (κ3) is 3.86. The number of fused-ring (bicyclic) bond motifs is 1. The van der Waals surface area contributed by atoms with E-state index in [4.69, 9.17) is 11.6 Å². The van der Waals surface area contributed by atoms with Crippen molar-refractivity contribution in [2.75, 3.05) is 11.1 Å². The van der Waals surface area contributed by atoms with Crippen LogP contribution in [0.25, 0.3) is 11.0 Å². The number of imidazole rings is 1. The molecule has 4 nitrogen and oxygen atoms in total. The molecule has 0 fully saturated rings. The summed E-state index contributed by atoms with van der Waals surface area (Å²) < 4.78 is 0. The van der Waals surface area contributed by atoms with Gasteiger partial charge in [-0.1, -0.05) is 48.5 Å². The van der Waals surface area contributed by atoms with Crippen molar-refractivity contribution in [1.29, 1.82) is 0 Å². The molecule has 1 aromatic heterocycles. The first-order chi connectivity index (χ1) is 11.2. The lowest BCUT2D eigenvalue weighted by Gasteiger charge is -2.08. The number of rotatable bonds is 5. The number of aromatic nitrogens is 2. The summed E-state index contributed by atoms with van der Waals surface area (Å²) >= 11 is 7.33. The average Bonchev–Trinajstić information content (AvgIpc) is 2.95. The van der Waals surface area contributed by atoms with Crippen molar-refractivity contribution in [2.45, 2.75) is 18.5 Å². The topological polar surface area (TPSA) is 57.8 Å². The van der Waals surface area contributed by atoms with E-state index in [2.05, 4.69) is 22.2 Å². The number of halogens is 1. The van der Waals surface area contributed by atoms with Crippen molar-refractivity contribution in [3.8, 4) is 0 Å². The third-order valence-electron chi connectivity index (χ3n) is 3.43. The van der Waals surface area contributed by atoms with Gasteiger partial charge in [-0.05, 0) is 36.2 Å². The summed E-state index contributed by atoms with van der Waals surface area (Å²) in [5, 5.41) is 4.32. The van der Waals surface area contributed by atoms with Crippen LogP contribution < -0.4 is 5.32 Å². The molecule has 3 rings (SSSR count). The first kappa shape index (κ1) is 15.9. The first-order valence-electron chi connectivity index (χ1n) is 7.31. The number of carbonyl (C=O) groups is 1. The number of H-pyrrole nitrogens is 1. The van der Waals surface area contributed by atoms with Crippen LogP contribution in [0, 0.1) is 0 Å². The molecule has 3 aromatic rings. The van der Waals surface area contributed by atoms with Gasteiger partial charge in [-0.25, -0.2) is 4.98 Å². The molecule has 2 aromatic carbocycles. The van der Waals surface area contributed by atoms with Crippen LogP contribution in [-0.2, 0) is 11.2 Å². The van der Waals surface area contributed by atoms with Gasteiger partial charge in [0, 0.05) is 10.7 Å². The zero-order valence-electron chi connectivity index (χ0n) is 12.6. The van der Waals surface area contributed by atoms with Crippen LogP contribution in [0.3, 0.4) is 0 Å². The summed E-state index contributed by atoms with van der Waals surface area (Å²) in [7, 11) is 0. The van der Waals surface area contributed by atoms with Gasteiger partial charge < -0.3 is 10.3 Å². The molecule has 1 amide bonds. The summed E-state index contributed by atoms with van der Waals surface area (Å²) in [6.07, 6.45) is 0.883. The first-order valence-corrected chi connectivity index (χ1v) is 8.68. The molecule has 23 heavy (non-hydrogen) atoms. The number of hydrogen-bond donors (Lipinski definition) is 2. The fourth-order valence-electron chi connectivity index (χ4n) is 2.30. The largest absolute Gasteiger partial charge is 0.333 e. The van der Waals surface area contributed by atoms with E-state index in [1.807, 2.05) is 36.4 Å². The van der Waals surface area contributed by atoms with Crippen LogP contribution in [0.15, 0.2) is 47.6 Å². The molecule has 0 aliphatic carbocycles. The van der Waals surface area contributed by atoms with E-state index >= 15 is 0 Å². The number of amides is 1. The van der Waals surface area contributed by atoms with Crippen molar-refractivity contribution >= 4 is 46.0 Å². The molecule has 2 N–H and O–H groups in total. The lowest BCUT2D eigenvalue weighted by Crippen LogP contribution is -2.15. The van der Waals surface area contributed by atoms with E-state index in [1.165, 1.54) is 11.8 Å². The van der Waals surface area contributed by atoms with Crippen LogP contribution in [0.5, 0.6) is 0 Å². The lowest BCUT2D eigenvalue weighted by molar-refractivity contribution is -0.113. The molecule has 0 atom stereocenters. The molecule has 0 saturated carbocycles. The van der Waals surface area contributed by atoms with Gasteiger partial charge in [-0.3, -0.25) is 4.79 Å². The van der Waals surface area contributed by atoms with E-state index < -0.39 is 0 Å². The predicted molar refractivity (Wildman–Crippen MR) is 96.3 cm³/mol. The number of nitrogens with zero attached hydrogens (tertiary/aromatic N) is 1. The van der Waals surface area contributed by atoms with E-state index in [0.29, 0.717) is 15.9 Å². The molecule has 0 unspecified atom stereocenters. The second kappa shape index (κ2) is 7.06. The molecule has 0 bridgehead atoms. The highest BCUT2D eigenvalue weighted by Crippen LogP contribution is 2.22. The van der Waals surface area contributed by atoms with E-state index in [9.17, 15) is 4.79 Å². The summed E-state index contributed by atoms with van der Waals surface area (Å²) in [5.74, 6) is 0.250. The van der Waals surface area contributed by atoms with Gasteiger partial charge in [0.2, 0.25) is 5.91 Å². The van der Waals surface area contributed by atoms with Gasteiger partial charge in [0.05, 0.1) is 16.8 Å². The monoisotopic (exact) mass is 345 g/mol. The molecule has 0 aliphatic heterocycles. The molecule has 6 heteroatoms. The minimum atomic E-state index is -0.0469. The number of para-hydroxylation sites is 1. The van der Waals surface area contributed by atoms with Crippen LogP contribution in [0.1, 0.15) is 12.5 Å². The third-order valence-corrected chi connectivity index (χ3v) is 4.54. The Balaban J connectivity index is 1.63. The van der Waals surface area contributed by atoms with Crippen LogP contribution in [-0.4, -0.2) is 21.6 Å². The lowest BCUT2D eigenvalue weighted by atomic mass is 10.1. The zero-order valence-corrected chi connectivity index (χ0v) is 14.2. The zero-order chi connectivity index (χ0) is 16.2. The number of benzene rings is 2. The van der Waals surface area contributed by atoms with Crippen molar-refractivity contribution in [3.05, 3.63) is 53.1 Å². The van der Waals surface area contributed by atoms with Gasteiger partial charge in [0.1, 0.15) is 0 Å². The van der Waals surface area contributed by atoms with Gasteiger partial charge in [-0.2, -0.15) is 0 Å². The Labute approximate surface area is 143 Å². The van der Waals surface area contributed by atoms with Crippen molar-refractivity contribution < 1.29 is 4.79 Å². The number of aromatic amines is 1. The van der Waals surface area contributed by atoms with E-state index in [1.54, 1.807) is 6.07 Å². The van der Waals surface area contributed by atoms with Gasteiger partial charge in [0.15, 0.2) is 5.16 Å². The molecule has 118 valence electrons. The Kier molecular flexibility index (Phi) is 4.88. The summed E-state index contributed by atoms with van der Waals surface area (Å²) in [5.41, 5.74) is 3.71. The molecule has 0 spiro atoms. The normalized spacial score (nSPS) is 10.9. The second-order valence-electron chi connectivity index (χ2n) is 5.05. The fraction of sp³-hybridized carbons (Fsp3) is 0.176. The smallest absolute Gasteiger partial charge is 0.234 e.